The number of amides is 4. The lowest BCUT2D eigenvalue weighted by atomic mass is 9.93. The molecule has 3 rings (SSSR count). The van der Waals surface area contributed by atoms with Crippen LogP contribution in [0.25, 0.3) is 11.1 Å². The van der Waals surface area contributed by atoms with Crippen LogP contribution in [-0.4, -0.2) is 95.1 Å². The summed E-state index contributed by atoms with van der Waals surface area (Å²) >= 11 is 0. The molecule has 0 spiro atoms. The smallest absolute Gasteiger partial charge is 0.326 e. The van der Waals surface area contributed by atoms with Gasteiger partial charge in [-0.25, -0.2) is 4.79 Å². The van der Waals surface area contributed by atoms with Gasteiger partial charge in [0, 0.05) is 31.0 Å². The molecule has 0 aliphatic carbocycles. The molecule has 1 aliphatic heterocycles. The number of hydrogen-bond donors (Lipinski definition) is 8. The first-order chi connectivity index (χ1) is 21.9. The summed E-state index contributed by atoms with van der Waals surface area (Å²) in [6.45, 7) is 2.39. The summed E-state index contributed by atoms with van der Waals surface area (Å²) < 4.78 is 0. The lowest BCUT2D eigenvalue weighted by Crippen LogP contribution is -2.54. The number of carbonyl (C=O) groups excluding carboxylic acids is 4. The molecule has 0 radical (unpaired) electrons. The van der Waals surface area contributed by atoms with E-state index in [2.05, 4.69) is 21.3 Å². The van der Waals surface area contributed by atoms with E-state index < -0.39 is 47.9 Å². The number of fused-ring (bicyclic) bond motifs is 5. The summed E-state index contributed by atoms with van der Waals surface area (Å²) in [5.41, 5.74) is 6.64. The number of nitrogens with zero attached hydrogens (tertiary/aromatic N) is 1. The molecule has 4 atom stereocenters. The van der Waals surface area contributed by atoms with Crippen LogP contribution in [0.15, 0.2) is 36.4 Å². The number of carboxylic acids is 1. The van der Waals surface area contributed by atoms with Crippen molar-refractivity contribution in [3.05, 3.63) is 47.5 Å². The Bertz CT molecular complexity index is 1430. The Hall–Kier alpha value is -4.69. The largest absolute Gasteiger partial charge is 0.507 e. The van der Waals surface area contributed by atoms with E-state index in [0.717, 1.165) is 0 Å². The van der Waals surface area contributed by atoms with Crippen molar-refractivity contribution in [1.82, 2.24) is 26.2 Å². The number of hydrogen-bond acceptors (Lipinski definition) is 9. The number of nitrogens with two attached hydrogens (primary N) is 1. The number of rotatable bonds is 12. The van der Waals surface area contributed by atoms with Gasteiger partial charge in [0.2, 0.25) is 23.6 Å². The summed E-state index contributed by atoms with van der Waals surface area (Å²) in [6, 6.07) is 3.67. The number of aliphatic carboxylic acids is 1. The fourth-order valence-electron chi connectivity index (χ4n) is 5.32. The first-order valence-electron chi connectivity index (χ1n) is 15.3. The highest BCUT2D eigenvalue weighted by atomic mass is 16.4. The van der Waals surface area contributed by atoms with Crippen LogP contribution in [0.4, 0.5) is 0 Å². The van der Waals surface area contributed by atoms with Crippen LogP contribution in [0.5, 0.6) is 11.5 Å². The highest BCUT2D eigenvalue weighted by molar-refractivity contribution is 5.96. The highest BCUT2D eigenvalue weighted by Gasteiger charge is 2.35. The second kappa shape index (κ2) is 16.6. The van der Waals surface area contributed by atoms with Crippen molar-refractivity contribution in [3.63, 3.8) is 0 Å². The van der Waals surface area contributed by atoms with Gasteiger partial charge in [0.05, 0.1) is 0 Å². The monoisotopic (exact) mass is 640 g/mol. The SMILES string of the molecule is CNCCCC(=O)N[C@@H](CCCCN)C(=O)N(C)[C@@H]1C(=O)N[C@@H](C)C(=O)N[C@H](C(=O)O)Cc2ccc(O)c(c2)-c2cc1ccc2O. The van der Waals surface area contributed by atoms with Gasteiger partial charge < -0.3 is 47.2 Å². The molecule has 1 heterocycles. The number of phenols is 2. The average Bonchev–Trinajstić information content (AvgIpc) is 3.01. The van der Waals surface area contributed by atoms with Crippen LogP contribution in [0.3, 0.4) is 0 Å². The van der Waals surface area contributed by atoms with Gasteiger partial charge in [-0.1, -0.05) is 12.1 Å². The number of carboxylic acid groups (broad SMARTS) is 1. The van der Waals surface area contributed by atoms with Gasteiger partial charge in [-0.3, -0.25) is 19.2 Å². The van der Waals surface area contributed by atoms with Gasteiger partial charge in [-0.05, 0) is 88.1 Å². The van der Waals surface area contributed by atoms with E-state index in [1.807, 2.05) is 0 Å². The van der Waals surface area contributed by atoms with Gasteiger partial charge in [0.1, 0.15) is 35.7 Å². The molecule has 0 saturated heterocycles. The minimum atomic E-state index is -1.36. The second-order valence-electron chi connectivity index (χ2n) is 11.4. The number of aromatic hydroxyl groups is 2. The van der Waals surface area contributed by atoms with Gasteiger partial charge in [-0.2, -0.15) is 0 Å². The van der Waals surface area contributed by atoms with Gasteiger partial charge in [0.15, 0.2) is 0 Å². The van der Waals surface area contributed by atoms with Crippen LogP contribution in [0.1, 0.15) is 56.2 Å². The van der Waals surface area contributed by atoms with Crippen molar-refractivity contribution in [3.8, 4) is 22.6 Å². The van der Waals surface area contributed by atoms with Crippen LogP contribution in [0.2, 0.25) is 0 Å². The minimum absolute atomic E-state index is 0.133. The van der Waals surface area contributed by atoms with Gasteiger partial charge >= 0.3 is 5.97 Å². The highest BCUT2D eigenvalue weighted by Crippen LogP contribution is 2.38. The molecule has 0 aromatic heterocycles. The molecular weight excluding hydrogens is 596 g/mol. The topological polar surface area (TPSA) is 223 Å². The average molecular weight is 641 g/mol. The van der Waals surface area contributed by atoms with Crippen molar-refractivity contribution in [2.45, 2.75) is 69.6 Å². The second-order valence-corrected chi connectivity index (χ2v) is 11.4. The molecule has 46 heavy (non-hydrogen) atoms. The normalized spacial score (nSPS) is 18.8. The van der Waals surface area contributed by atoms with E-state index in [9.17, 15) is 39.3 Å². The first kappa shape index (κ1) is 35.8. The van der Waals surface area contributed by atoms with Crippen molar-refractivity contribution in [1.29, 1.82) is 0 Å². The number of likely N-dealkylation sites (N-methyl/N-ethyl adjacent to an activating group) is 1. The lowest BCUT2D eigenvalue weighted by Gasteiger charge is -2.32. The minimum Gasteiger partial charge on any atom is -0.507 e. The van der Waals surface area contributed by atoms with Crippen molar-refractivity contribution in [2.24, 2.45) is 5.73 Å². The molecule has 4 amide bonds. The third-order valence-corrected chi connectivity index (χ3v) is 7.89. The standard InChI is InChI=1S/C32H44N6O8/c1-18-29(42)37-24(32(45)46)16-19-9-11-25(39)21(15-19)22-17-20(10-12-26(22)40)28(30(43)35-18)38(3)31(44)23(7-4-5-13-33)36-27(41)8-6-14-34-2/h9-12,15,17-18,23-24,28,34,39-40H,4-8,13-14,16,33H2,1-3H3,(H,35,43)(H,36,41)(H,37,42)(H,45,46)/t18-,23-,24-,28-/m0/s1. The molecule has 1 aliphatic rings. The van der Waals surface area contributed by atoms with Crippen LogP contribution < -0.4 is 27.0 Å². The Balaban J connectivity index is 2.10. The number of benzene rings is 2. The van der Waals surface area contributed by atoms with Gasteiger partial charge in [0.25, 0.3) is 0 Å². The maximum atomic E-state index is 14.0. The van der Waals surface area contributed by atoms with Crippen molar-refractivity contribution < 1.29 is 39.3 Å². The molecule has 9 N–H and O–H groups in total. The third-order valence-electron chi connectivity index (χ3n) is 7.89. The summed E-state index contributed by atoms with van der Waals surface area (Å²) in [5.74, 6) is -4.19. The van der Waals surface area contributed by atoms with Crippen LogP contribution in [-0.2, 0) is 30.4 Å². The van der Waals surface area contributed by atoms with E-state index in [1.165, 1.54) is 55.3 Å². The first-order valence-corrected chi connectivity index (χ1v) is 15.3. The predicted octanol–water partition coefficient (Wildman–Crippen LogP) is 0.508. The van der Waals surface area contributed by atoms with Crippen LogP contribution in [0, 0.1) is 0 Å². The summed E-state index contributed by atoms with van der Waals surface area (Å²) in [4.78, 5) is 66.9. The number of nitrogens with one attached hydrogen (secondary N) is 4. The van der Waals surface area contributed by atoms with E-state index in [0.29, 0.717) is 37.9 Å². The van der Waals surface area contributed by atoms with E-state index >= 15 is 0 Å². The van der Waals surface area contributed by atoms with Crippen molar-refractivity contribution in [2.75, 3.05) is 27.2 Å². The number of carbonyl (C=O) groups is 5. The number of unbranched alkanes of at least 4 members (excludes halogenated alkanes) is 1. The predicted molar refractivity (Wildman–Crippen MR) is 170 cm³/mol. The molecule has 2 aromatic rings. The Kier molecular flexibility index (Phi) is 12.9. The number of phenolic OH excluding ortho intramolecular Hbond substituents is 2. The molecule has 2 aromatic carbocycles. The lowest BCUT2D eigenvalue weighted by molar-refractivity contribution is -0.144. The summed E-state index contributed by atoms with van der Waals surface area (Å²) in [7, 11) is 3.17. The Morgan fingerprint density at radius 1 is 1.00 bits per heavy atom. The van der Waals surface area contributed by atoms with Gasteiger partial charge in [-0.15, -0.1) is 0 Å². The molecule has 14 heteroatoms. The fourth-order valence-corrected chi connectivity index (χ4v) is 5.32. The molecule has 250 valence electrons. The molecule has 0 unspecified atom stereocenters. The maximum absolute atomic E-state index is 14.0. The van der Waals surface area contributed by atoms with E-state index in [1.54, 1.807) is 7.05 Å². The van der Waals surface area contributed by atoms with Crippen molar-refractivity contribution >= 4 is 29.6 Å². The van der Waals surface area contributed by atoms with Crippen LogP contribution >= 0.6 is 0 Å². The van der Waals surface area contributed by atoms with E-state index in [4.69, 9.17) is 5.73 Å². The molecule has 0 saturated carbocycles. The Morgan fingerprint density at radius 2 is 1.67 bits per heavy atom. The molecule has 0 fully saturated rings. The zero-order chi connectivity index (χ0) is 34.0. The zero-order valence-electron chi connectivity index (χ0n) is 26.3. The summed E-state index contributed by atoms with van der Waals surface area (Å²) in [6.07, 6.45) is 2.02. The molecule has 4 bridgehead atoms. The Morgan fingerprint density at radius 3 is 2.33 bits per heavy atom. The molecular formula is C32H44N6O8. The maximum Gasteiger partial charge on any atom is 0.326 e. The molecule has 14 nitrogen and oxygen atoms in total. The fraction of sp³-hybridized carbons (Fsp3) is 0.469. The van der Waals surface area contributed by atoms with E-state index in [-0.39, 0.29) is 53.4 Å². The third kappa shape index (κ3) is 9.17. The Labute approximate surface area is 267 Å². The zero-order valence-corrected chi connectivity index (χ0v) is 26.3. The summed E-state index contributed by atoms with van der Waals surface area (Å²) in [5, 5.41) is 42.1. The quantitative estimate of drug-likeness (QED) is 0.150.